The Morgan fingerprint density at radius 1 is 1.12 bits per heavy atom. The molecule has 0 saturated heterocycles. The smallest absolute Gasteiger partial charge is 0.176 e. The molecule has 0 heterocycles. The third-order valence-corrected chi connectivity index (χ3v) is 3.56. The van der Waals surface area contributed by atoms with Crippen LogP contribution in [0.15, 0.2) is 12.1 Å². The number of nitrogens with two attached hydrogens (primary N) is 2. The van der Waals surface area contributed by atoms with Crippen LogP contribution in [0.5, 0.6) is 0 Å². The zero-order valence-electron chi connectivity index (χ0n) is 14.5. The van der Waals surface area contributed by atoms with Gasteiger partial charge in [0, 0.05) is 16.6 Å². The van der Waals surface area contributed by atoms with Crippen molar-refractivity contribution in [2.45, 2.75) is 38.8 Å². The fourth-order valence-electron chi connectivity index (χ4n) is 1.22. The molecule has 0 atom stereocenters. The first-order chi connectivity index (χ1) is 10.8. The van der Waals surface area contributed by atoms with Gasteiger partial charge in [-0.2, -0.15) is 0 Å². The second kappa shape index (κ2) is 9.56. The zero-order valence-corrected chi connectivity index (χ0v) is 16.0. The molecule has 24 heavy (non-hydrogen) atoms. The number of aliphatic hydroxyl groups excluding tert-OH is 2. The third kappa shape index (κ3) is 8.82. The van der Waals surface area contributed by atoms with E-state index in [0.717, 1.165) is 0 Å². The van der Waals surface area contributed by atoms with Gasteiger partial charge in [0.05, 0.1) is 35.5 Å². The first kappa shape index (κ1) is 23.1. The van der Waals surface area contributed by atoms with Gasteiger partial charge in [0.2, 0.25) is 0 Å². The number of hydrogen-bond acceptors (Lipinski definition) is 6. The maximum absolute atomic E-state index is 11.9. The molecule has 1 aromatic rings. The predicted octanol–water partition coefficient (Wildman–Crippen LogP) is 1.83. The molecule has 0 bridgehead atoms. The Morgan fingerprint density at radius 2 is 1.54 bits per heavy atom. The van der Waals surface area contributed by atoms with Gasteiger partial charge >= 0.3 is 0 Å². The minimum Gasteiger partial charge on any atom is -0.396 e. The fraction of sp³-hybridized carbons (Fsp3) is 0.562. The van der Waals surface area contributed by atoms with E-state index in [-0.39, 0.29) is 41.3 Å². The number of anilines is 1. The highest BCUT2D eigenvalue weighted by Gasteiger charge is 2.18. The lowest BCUT2D eigenvalue weighted by Crippen LogP contribution is -2.45. The highest BCUT2D eigenvalue weighted by Crippen LogP contribution is 2.28. The van der Waals surface area contributed by atoms with Gasteiger partial charge in [0.1, 0.15) is 0 Å². The van der Waals surface area contributed by atoms with E-state index in [1.165, 1.54) is 12.1 Å². The normalized spacial score (nSPS) is 11.7. The van der Waals surface area contributed by atoms with Gasteiger partial charge in [-0.1, -0.05) is 23.2 Å². The number of halogens is 2. The lowest BCUT2D eigenvalue weighted by Gasteiger charge is -2.23. The van der Waals surface area contributed by atoms with E-state index < -0.39 is 11.1 Å². The van der Waals surface area contributed by atoms with Crippen molar-refractivity contribution in [3.63, 3.8) is 0 Å². The monoisotopic (exact) mass is 379 g/mol. The van der Waals surface area contributed by atoms with E-state index in [1.54, 1.807) is 27.7 Å². The van der Waals surface area contributed by atoms with Crippen molar-refractivity contribution >= 4 is 34.7 Å². The quantitative estimate of drug-likeness (QED) is 0.379. The molecule has 0 aliphatic rings. The molecule has 8 heteroatoms. The van der Waals surface area contributed by atoms with Crippen LogP contribution < -0.4 is 16.8 Å². The summed E-state index contributed by atoms with van der Waals surface area (Å²) in [7, 11) is 0. The van der Waals surface area contributed by atoms with Crippen molar-refractivity contribution in [3.8, 4) is 0 Å². The van der Waals surface area contributed by atoms with Crippen molar-refractivity contribution < 1.29 is 15.0 Å². The molecular formula is C16H27Cl2N3O3. The first-order valence-electron chi connectivity index (χ1n) is 7.36. The van der Waals surface area contributed by atoms with Crippen LogP contribution in [0.2, 0.25) is 10.0 Å². The van der Waals surface area contributed by atoms with Crippen molar-refractivity contribution in [3.05, 3.63) is 27.7 Å². The van der Waals surface area contributed by atoms with Crippen LogP contribution in [0.4, 0.5) is 5.69 Å². The number of Topliss-reactive ketones (excluding diaryl/α,β-unsaturated/α-hetero) is 1. The Bertz CT molecular complexity index is 535. The Kier molecular flexibility index (Phi) is 9.20. The van der Waals surface area contributed by atoms with Crippen LogP contribution in [0.3, 0.4) is 0 Å². The zero-order chi connectivity index (χ0) is 19.1. The summed E-state index contributed by atoms with van der Waals surface area (Å²) in [4.78, 5) is 11.9. The molecule has 1 aromatic carbocycles. The second-order valence-corrected chi connectivity index (χ2v) is 7.63. The van der Waals surface area contributed by atoms with Gasteiger partial charge in [0.15, 0.2) is 5.78 Å². The lowest BCUT2D eigenvalue weighted by molar-refractivity contribution is 0.0968. The standard InChI is InChI=1S/C12H16Cl2N2O2.C4H11NO/c1-12(2,6-17)16-5-10(18)7-3-8(13)11(15)9(14)4-7;1-4(2,5)3-6/h3-4,16-17H,5-6,15H2,1-2H3;6H,3,5H2,1-2H3. The molecule has 0 unspecified atom stereocenters. The van der Waals surface area contributed by atoms with Crippen molar-refractivity contribution in [2.24, 2.45) is 5.73 Å². The summed E-state index contributed by atoms with van der Waals surface area (Å²) >= 11 is 11.7. The Balaban J connectivity index is 0.000000754. The SMILES string of the molecule is CC(C)(CO)NCC(=O)c1cc(Cl)c(N)c(Cl)c1.CC(C)(N)CO. The van der Waals surface area contributed by atoms with Crippen molar-refractivity contribution in [1.82, 2.24) is 5.32 Å². The van der Waals surface area contributed by atoms with E-state index in [9.17, 15) is 4.79 Å². The van der Waals surface area contributed by atoms with Crippen LogP contribution in [0.1, 0.15) is 38.1 Å². The van der Waals surface area contributed by atoms with Gasteiger partial charge in [-0.15, -0.1) is 0 Å². The molecule has 138 valence electrons. The lowest BCUT2D eigenvalue weighted by atomic mass is 10.1. The van der Waals surface area contributed by atoms with E-state index in [2.05, 4.69) is 5.32 Å². The summed E-state index contributed by atoms with van der Waals surface area (Å²) in [5, 5.41) is 20.8. The molecule has 1 rings (SSSR count). The van der Waals surface area contributed by atoms with Crippen LogP contribution in [0, 0.1) is 0 Å². The van der Waals surface area contributed by atoms with Gasteiger partial charge in [-0.05, 0) is 39.8 Å². The van der Waals surface area contributed by atoms with Crippen LogP contribution in [-0.2, 0) is 0 Å². The minimum atomic E-state index is -0.517. The fourth-order valence-corrected chi connectivity index (χ4v) is 1.71. The summed E-state index contributed by atoms with van der Waals surface area (Å²) < 4.78 is 0. The number of aliphatic hydroxyl groups is 2. The molecule has 7 N–H and O–H groups in total. The molecule has 0 fully saturated rings. The first-order valence-corrected chi connectivity index (χ1v) is 8.12. The molecule has 0 radical (unpaired) electrons. The molecule has 0 saturated carbocycles. The summed E-state index contributed by atoms with van der Waals surface area (Å²) in [6.45, 7) is 7.20. The van der Waals surface area contributed by atoms with Crippen molar-refractivity contribution in [2.75, 3.05) is 25.5 Å². The molecule has 0 aromatic heterocycles. The number of carbonyl (C=O) groups is 1. The van der Waals surface area contributed by atoms with Gasteiger partial charge in [-0.25, -0.2) is 0 Å². The molecule has 0 aliphatic heterocycles. The van der Waals surface area contributed by atoms with E-state index in [0.29, 0.717) is 5.56 Å². The maximum Gasteiger partial charge on any atom is 0.176 e. The highest BCUT2D eigenvalue weighted by molar-refractivity contribution is 6.39. The molecule has 0 amide bonds. The maximum atomic E-state index is 11.9. The van der Waals surface area contributed by atoms with E-state index in [1.807, 2.05) is 0 Å². The van der Waals surface area contributed by atoms with E-state index in [4.69, 9.17) is 44.9 Å². The third-order valence-electron chi connectivity index (χ3n) is 2.93. The van der Waals surface area contributed by atoms with Gasteiger partial charge in [0.25, 0.3) is 0 Å². The molecule has 0 spiro atoms. The van der Waals surface area contributed by atoms with E-state index >= 15 is 0 Å². The topological polar surface area (TPSA) is 122 Å². The molecular weight excluding hydrogens is 353 g/mol. The largest absolute Gasteiger partial charge is 0.396 e. The summed E-state index contributed by atoms with van der Waals surface area (Å²) in [5.74, 6) is -0.166. The molecule has 0 aliphatic carbocycles. The molecule has 6 nitrogen and oxygen atoms in total. The Hall–Kier alpha value is -0.890. The Morgan fingerprint density at radius 3 is 1.88 bits per heavy atom. The number of nitrogens with one attached hydrogen (secondary N) is 1. The number of nitrogen functional groups attached to an aromatic ring is 1. The number of benzene rings is 1. The van der Waals surface area contributed by atoms with Crippen molar-refractivity contribution in [1.29, 1.82) is 0 Å². The number of rotatable bonds is 6. The highest BCUT2D eigenvalue weighted by atomic mass is 35.5. The van der Waals surface area contributed by atoms with Gasteiger partial charge < -0.3 is 27.0 Å². The Labute approximate surface area is 153 Å². The number of hydrogen-bond donors (Lipinski definition) is 5. The van der Waals surface area contributed by atoms with Gasteiger partial charge in [-0.3, -0.25) is 4.79 Å². The minimum absolute atomic E-state index is 0.0486. The van der Waals surface area contributed by atoms with Crippen LogP contribution in [0.25, 0.3) is 0 Å². The average Bonchev–Trinajstić information content (AvgIpc) is 2.49. The summed E-state index contributed by atoms with van der Waals surface area (Å²) in [6.07, 6.45) is 0. The number of carbonyl (C=O) groups excluding carboxylic acids is 1. The van der Waals surface area contributed by atoms with Crippen LogP contribution in [-0.4, -0.2) is 46.8 Å². The second-order valence-electron chi connectivity index (χ2n) is 6.82. The summed E-state index contributed by atoms with van der Waals surface area (Å²) in [6, 6.07) is 2.97. The summed E-state index contributed by atoms with van der Waals surface area (Å²) in [5.41, 5.74) is 10.6. The van der Waals surface area contributed by atoms with Crippen LogP contribution >= 0.6 is 23.2 Å². The number of ketones is 1. The predicted molar refractivity (Wildman–Crippen MR) is 99.7 cm³/mol. The average molecular weight is 380 g/mol.